The number of carbonyl (C=O) groups is 1. The van der Waals surface area contributed by atoms with E-state index in [1.54, 1.807) is 31.4 Å². The van der Waals surface area contributed by atoms with Gasteiger partial charge >= 0.3 is 0 Å². The lowest BCUT2D eigenvalue weighted by Gasteiger charge is -2.15. The Hall–Kier alpha value is -2.64. The molecule has 0 aliphatic carbocycles. The molecule has 4 nitrogen and oxygen atoms in total. The number of allylic oxidation sites excluding steroid dienone is 1. The van der Waals surface area contributed by atoms with Gasteiger partial charge in [0.25, 0.3) is 5.91 Å². The summed E-state index contributed by atoms with van der Waals surface area (Å²) in [6, 6.07) is 9.80. The molecular formula is C22H20FNO3S2. The highest BCUT2D eigenvalue weighted by Crippen LogP contribution is 2.39. The van der Waals surface area contributed by atoms with E-state index < -0.39 is 5.82 Å². The van der Waals surface area contributed by atoms with Gasteiger partial charge in [-0.05, 0) is 49.2 Å². The van der Waals surface area contributed by atoms with Crippen molar-refractivity contribution in [3.05, 3.63) is 70.9 Å². The van der Waals surface area contributed by atoms with Gasteiger partial charge in [-0.1, -0.05) is 42.2 Å². The standard InChI is InChI=1S/C22H20FNO3S2/c1-4-8-15-11-14(12-18(27-5-2)20(15)26-3)13-19-21(25)24(22(28)29-19)17-10-7-6-9-16(17)23/h4,6-7,9-13H,1,5,8H2,2-3H3/b19-13-. The molecule has 0 bridgehead atoms. The van der Waals surface area contributed by atoms with Gasteiger partial charge in [0.05, 0.1) is 24.3 Å². The molecule has 0 saturated carbocycles. The second kappa shape index (κ2) is 9.24. The zero-order valence-corrected chi connectivity index (χ0v) is 17.7. The van der Waals surface area contributed by atoms with Crippen LogP contribution in [0.2, 0.25) is 0 Å². The fraction of sp³-hybridized carbons (Fsp3) is 0.182. The highest BCUT2D eigenvalue weighted by atomic mass is 32.2. The van der Waals surface area contributed by atoms with E-state index in [4.69, 9.17) is 21.7 Å². The maximum Gasteiger partial charge on any atom is 0.270 e. The Morgan fingerprint density at radius 2 is 2.07 bits per heavy atom. The second-order valence-corrected chi connectivity index (χ2v) is 7.78. The summed E-state index contributed by atoms with van der Waals surface area (Å²) in [5.41, 5.74) is 1.81. The fourth-order valence-electron chi connectivity index (χ4n) is 3.03. The van der Waals surface area contributed by atoms with E-state index >= 15 is 0 Å². The first-order valence-corrected chi connectivity index (χ1v) is 10.2. The third kappa shape index (κ3) is 4.36. The number of hydrogen-bond donors (Lipinski definition) is 0. The van der Waals surface area contributed by atoms with Gasteiger partial charge < -0.3 is 9.47 Å². The van der Waals surface area contributed by atoms with E-state index in [0.717, 1.165) is 22.9 Å². The number of thiocarbonyl (C=S) groups is 1. The van der Waals surface area contributed by atoms with Crippen LogP contribution in [0.1, 0.15) is 18.1 Å². The number of ether oxygens (including phenoxy) is 2. The first-order chi connectivity index (χ1) is 14.0. The maximum absolute atomic E-state index is 14.2. The number of anilines is 1. The van der Waals surface area contributed by atoms with Crippen LogP contribution in [0.15, 0.2) is 54.0 Å². The molecule has 0 spiro atoms. The molecule has 1 heterocycles. The third-order valence-electron chi connectivity index (χ3n) is 4.21. The Kier molecular flexibility index (Phi) is 6.71. The molecule has 1 saturated heterocycles. The molecule has 1 amide bonds. The summed E-state index contributed by atoms with van der Waals surface area (Å²) < 4.78 is 25.7. The highest BCUT2D eigenvalue weighted by molar-refractivity contribution is 8.27. The monoisotopic (exact) mass is 429 g/mol. The number of rotatable bonds is 7. The van der Waals surface area contributed by atoms with E-state index in [1.165, 1.54) is 17.0 Å². The number of amides is 1. The molecule has 150 valence electrons. The Labute approximate surface area is 179 Å². The van der Waals surface area contributed by atoms with Crippen LogP contribution in [0.3, 0.4) is 0 Å². The molecule has 29 heavy (non-hydrogen) atoms. The van der Waals surface area contributed by atoms with Gasteiger partial charge in [0.1, 0.15) is 5.82 Å². The molecule has 1 aliphatic heterocycles. The van der Waals surface area contributed by atoms with Crippen LogP contribution in [0, 0.1) is 5.82 Å². The minimum absolute atomic E-state index is 0.149. The molecule has 2 aromatic rings. The Morgan fingerprint density at radius 3 is 2.72 bits per heavy atom. The molecule has 1 fully saturated rings. The second-order valence-electron chi connectivity index (χ2n) is 6.11. The average Bonchev–Trinajstić information content (AvgIpc) is 2.96. The molecule has 2 aromatic carbocycles. The van der Waals surface area contributed by atoms with Gasteiger partial charge in [0.15, 0.2) is 15.8 Å². The van der Waals surface area contributed by atoms with E-state index in [2.05, 4.69) is 6.58 Å². The Balaban J connectivity index is 2.02. The summed E-state index contributed by atoms with van der Waals surface area (Å²) in [6.45, 7) is 6.15. The molecule has 3 rings (SSSR count). The van der Waals surface area contributed by atoms with Crippen LogP contribution in [-0.4, -0.2) is 23.9 Å². The molecule has 0 N–H and O–H groups in total. The summed E-state index contributed by atoms with van der Waals surface area (Å²) in [5, 5.41) is 0. The first kappa shape index (κ1) is 21.1. The third-order valence-corrected chi connectivity index (χ3v) is 5.51. The predicted molar refractivity (Wildman–Crippen MR) is 120 cm³/mol. The largest absolute Gasteiger partial charge is 0.493 e. The molecule has 0 aromatic heterocycles. The van der Waals surface area contributed by atoms with Crippen LogP contribution in [0.5, 0.6) is 11.5 Å². The van der Waals surface area contributed by atoms with Crippen LogP contribution in [0.4, 0.5) is 10.1 Å². The SMILES string of the molecule is C=CCc1cc(/C=C2\SC(=S)N(c3ccccc3F)C2=O)cc(OCC)c1OC. The van der Waals surface area contributed by atoms with Crippen LogP contribution in [-0.2, 0) is 11.2 Å². The van der Waals surface area contributed by atoms with Gasteiger partial charge in [-0.3, -0.25) is 9.69 Å². The van der Waals surface area contributed by atoms with Crippen molar-refractivity contribution in [2.24, 2.45) is 0 Å². The normalized spacial score (nSPS) is 15.1. The van der Waals surface area contributed by atoms with Gasteiger partial charge in [-0.2, -0.15) is 0 Å². The number of nitrogens with zero attached hydrogens (tertiary/aromatic N) is 1. The lowest BCUT2D eigenvalue weighted by atomic mass is 10.0. The van der Waals surface area contributed by atoms with Gasteiger partial charge in [-0.25, -0.2) is 4.39 Å². The van der Waals surface area contributed by atoms with Crippen LogP contribution < -0.4 is 14.4 Å². The number of hydrogen-bond acceptors (Lipinski definition) is 5. The first-order valence-electron chi connectivity index (χ1n) is 8.97. The van der Waals surface area contributed by atoms with E-state index in [0.29, 0.717) is 29.4 Å². The smallest absolute Gasteiger partial charge is 0.270 e. The van der Waals surface area contributed by atoms with E-state index in [9.17, 15) is 9.18 Å². The predicted octanol–water partition coefficient (Wildman–Crippen LogP) is 5.37. The summed E-state index contributed by atoms with van der Waals surface area (Å²) in [6.07, 6.45) is 4.09. The molecule has 0 atom stereocenters. The van der Waals surface area contributed by atoms with Crippen molar-refractivity contribution in [3.63, 3.8) is 0 Å². The molecular weight excluding hydrogens is 409 g/mol. The van der Waals surface area contributed by atoms with Crippen molar-refractivity contribution in [1.82, 2.24) is 0 Å². The molecule has 0 radical (unpaired) electrons. The van der Waals surface area contributed by atoms with E-state index in [-0.39, 0.29) is 15.9 Å². The summed E-state index contributed by atoms with van der Waals surface area (Å²) in [5.74, 6) is 0.374. The zero-order valence-electron chi connectivity index (χ0n) is 16.1. The quantitative estimate of drug-likeness (QED) is 0.336. The summed E-state index contributed by atoms with van der Waals surface area (Å²) in [4.78, 5) is 14.6. The van der Waals surface area contributed by atoms with Crippen LogP contribution >= 0.6 is 24.0 Å². The van der Waals surface area contributed by atoms with Crippen molar-refractivity contribution < 1.29 is 18.7 Å². The van der Waals surface area contributed by atoms with Crippen molar-refractivity contribution in [1.29, 1.82) is 0 Å². The lowest BCUT2D eigenvalue weighted by molar-refractivity contribution is -0.113. The zero-order chi connectivity index (χ0) is 21.0. The number of halogens is 1. The van der Waals surface area contributed by atoms with Crippen molar-refractivity contribution in [3.8, 4) is 11.5 Å². The minimum Gasteiger partial charge on any atom is -0.493 e. The number of carbonyl (C=O) groups excluding carboxylic acids is 1. The van der Waals surface area contributed by atoms with Crippen molar-refractivity contribution in [2.45, 2.75) is 13.3 Å². The highest BCUT2D eigenvalue weighted by Gasteiger charge is 2.34. The average molecular weight is 430 g/mol. The molecule has 1 aliphatic rings. The van der Waals surface area contributed by atoms with E-state index in [1.807, 2.05) is 19.1 Å². The topological polar surface area (TPSA) is 38.8 Å². The van der Waals surface area contributed by atoms with Crippen molar-refractivity contribution in [2.75, 3.05) is 18.6 Å². The Morgan fingerprint density at radius 1 is 1.31 bits per heavy atom. The molecule has 0 unspecified atom stereocenters. The summed E-state index contributed by atoms with van der Waals surface area (Å²) in [7, 11) is 1.59. The number of benzene rings is 2. The fourth-order valence-corrected chi connectivity index (χ4v) is 4.31. The Bertz CT molecular complexity index is 1000. The van der Waals surface area contributed by atoms with Crippen LogP contribution in [0.25, 0.3) is 6.08 Å². The van der Waals surface area contributed by atoms with Crippen molar-refractivity contribution >= 4 is 46.0 Å². The number of methoxy groups -OCH3 is 1. The van der Waals surface area contributed by atoms with Gasteiger partial charge in [0.2, 0.25) is 0 Å². The van der Waals surface area contributed by atoms with Gasteiger partial charge in [0, 0.05) is 5.56 Å². The number of para-hydroxylation sites is 1. The number of thioether (sulfide) groups is 1. The lowest BCUT2D eigenvalue weighted by Crippen LogP contribution is -2.28. The minimum atomic E-state index is -0.499. The summed E-state index contributed by atoms with van der Waals surface area (Å²) >= 11 is 6.47. The maximum atomic E-state index is 14.2. The molecule has 7 heteroatoms. The van der Waals surface area contributed by atoms with Gasteiger partial charge in [-0.15, -0.1) is 6.58 Å².